The van der Waals surface area contributed by atoms with Crippen LogP contribution in [0.1, 0.15) is 278 Å². The van der Waals surface area contributed by atoms with Crippen molar-refractivity contribution in [2.45, 2.75) is 290 Å². The number of hydrogen-bond donors (Lipinski definition) is 2. The van der Waals surface area contributed by atoms with E-state index in [4.69, 9.17) is 23.3 Å². The highest BCUT2D eigenvalue weighted by atomic mass is 31.2. The summed E-state index contributed by atoms with van der Waals surface area (Å²) in [5, 5.41) is 9.80. The van der Waals surface area contributed by atoms with Crippen molar-refractivity contribution in [3.8, 4) is 0 Å². The van der Waals surface area contributed by atoms with Gasteiger partial charge in [0.1, 0.15) is 12.7 Å². The summed E-state index contributed by atoms with van der Waals surface area (Å²) in [6, 6.07) is 0. The topological polar surface area (TPSA) is 155 Å². The summed E-state index contributed by atoms with van der Waals surface area (Å²) in [5.41, 5.74) is 0. The molecule has 3 unspecified atom stereocenters. The zero-order valence-electron chi connectivity index (χ0n) is 48.7. The van der Waals surface area contributed by atoms with E-state index in [2.05, 4.69) is 81.5 Å². The first-order valence-corrected chi connectivity index (χ1v) is 32.3. The molecule has 440 valence electrons. The quantitative estimate of drug-likeness (QED) is 0.0197. The molecule has 0 rings (SSSR count). The number of phosphoric acid groups is 1. The highest BCUT2D eigenvalue weighted by molar-refractivity contribution is 7.47. The fourth-order valence-electron chi connectivity index (χ4n) is 8.46. The summed E-state index contributed by atoms with van der Waals surface area (Å²) in [6.07, 6.45) is 65.9. The Hall–Kier alpha value is -3.08. The van der Waals surface area contributed by atoms with Crippen LogP contribution in [-0.2, 0) is 42.2 Å². The van der Waals surface area contributed by atoms with Crippen molar-refractivity contribution >= 4 is 25.7 Å². The molecule has 2 N–H and O–H groups in total. The molecule has 0 amide bonds. The van der Waals surface area contributed by atoms with Gasteiger partial charge in [0.15, 0.2) is 6.10 Å². The first-order chi connectivity index (χ1) is 37.2. The van der Waals surface area contributed by atoms with E-state index in [0.717, 1.165) is 83.5 Å². The molecule has 0 aliphatic heterocycles. The molecule has 0 radical (unpaired) electrons. The third-order valence-electron chi connectivity index (χ3n) is 13.1. The molecular weight excluding hydrogens is 976 g/mol. The van der Waals surface area contributed by atoms with E-state index in [1.165, 1.54) is 135 Å². The predicted octanol–water partition coefficient (Wildman–Crippen LogP) is 18.5. The molecule has 0 spiro atoms. The van der Waals surface area contributed by atoms with E-state index in [9.17, 15) is 28.9 Å². The van der Waals surface area contributed by atoms with Crippen LogP contribution in [0, 0.1) is 0 Å². The molecule has 0 aromatic carbocycles. The summed E-state index contributed by atoms with van der Waals surface area (Å²) in [7, 11) is -4.77. The molecule has 0 fully saturated rings. The van der Waals surface area contributed by atoms with Crippen LogP contribution < -0.4 is 0 Å². The Balaban J connectivity index is 4.74. The summed E-state index contributed by atoms with van der Waals surface area (Å²) < 4.78 is 39.5. The summed E-state index contributed by atoms with van der Waals surface area (Å²) in [6.45, 7) is 4.45. The van der Waals surface area contributed by atoms with Gasteiger partial charge < -0.3 is 24.2 Å². The zero-order chi connectivity index (χ0) is 55.5. The van der Waals surface area contributed by atoms with Crippen molar-refractivity contribution in [1.82, 2.24) is 0 Å². The average molecular weight is 1090 g/mol. The van der Waals surface area contributed by atoms with Crippen molar-refractivity contribution in [2.75, 3.05) is 26.4 Å². The standard InChI is InChI=1S/C64H113O11P/c1-4-7-10-13-16-19-22-25-27-29-30-32-33-36-38-41-44-47-50-53-62(66)71-57-61(75-64(68)55-52-49-46-43-40-37-34-31-28-26-23-20-17-14-11-8-5-2)59-73-76(69,70)72-58-60(56-65)74-63(67)54-51-48-45-42-39-35-24-21-18-15-12-9-6-3/h9,12,17-18,20-21,26,28,35,39,45,48,60-61,65H,4-8,10-11,13-16,19,22-25,27,29-34,36-38,40-44,46-47,49-59H2,1-3H3,(H,69,70)/b12-9-,20-17-,21-18-,28-26-,39-35-,48-45-. The third kappa shape index (κ3) is 55.7. The third-order valence-corrected chi connectivity index (χ3v) is 14.1. The number of carbonyl (C=O) groups excluding carboxylic acids is 3. The largest absolute Gasteiger partial charge is 0.472 e. The number of allylic oxidation sites excluding steroid dienone is 12. The summed E-state index contributed by atoms with van der Waals surface area (Å²) in [4.78, 5) is 48.6. The molecule has 0 saturated carbocycles. The van der Waals surface area contributed by atoms with Crippen molar-refractivity contribution in [2.24, 2.45) is 0 Å². The van der Waals surface area contributed by atoms with Gasteiger partial charge in [-0.3, -0.25) is 23.4 Å². The van der Waals surface area contributed by atoms with Gasteiger partial charge in [-0.25, -0.2) is 4.57 Å². The van der Waals surface area contributed by atoms with Gasteiger partial charge in [-0.05, 0) is 77.0 Å². The van der Waals surface area contributed by atoms with Crippen LogP contribution in [0.25, 0.3) is 0 Å². The fourth-order valence-corrected chi connectivity index (χ4v) is 9.24. The first kappa shape index (κ1) is 72.9. The number of rotatable bonds is 57. The molecule has 0 saturated heterocycles. The van der Waals surface area contributed by atoms with E-state index >= 15 is 0 Å². The lowest BCUT2D eigenvalue weighted by molar-refractivity contribution is -0.161. The van der Waals surface area contributed by atoms with E-state index in [1.54, 1.807) is 0 Å². The van der Waals surface area contributed by atoms with Gasteiger partial charge in [0, 0.05) is 19.3 Å². The normalized spacial score (nSPS) is 13.8. The lowest BCUT2D eigenvalue weighted by Crippen LogP contribution is -2.30. The molecule has 3 atom stereocenters. The highest BCUT2D eigenvalue weighted by Crippen LogP contribution is 2.43. The van der Waals surface area contributed by atoms with E-state index < -0.39 is 57.8 Å². The minimum Gasteiger partial charge on any atom is -0.462 e. The smallest absolute Gasteiger partial charge is 0.462 e. The van der Waals surface area contributed by atoms with Gasteiger partial charge in [-0.1, -0.05) is 254 Å². The first-order valence-electron chi connectivity index (χ1n) is 30.8. The molecule has 11 nitrogen and oxygen atoms in total. The van der Waals surface area contributed by atoms with Crippen LogP contribution in [0.5, 0.6) is 0 Å². The number of unbranched alkanes of at least 4 members (excludes halogenated alkanes) is 28. The number of ether oxygens (including phenoxy) is 3. The molecule has 12 heteroatoms. The van der Waals surface area contributed by atoms with Gasteiger partial charge in [0.2, 0.25) is 0 Å². The van der Waals surface area contributed by atoms with Crippen LogP contribution >= 0.6 is 7.82 Å². The Labute approximate surface area is 465 Å². The Kier molecular flexibility index (Phi) is 55.7. The maximum atomic E-state index is 12.9. The maximum absolute atomic E-state index is 12.9. The molecular formula is C64H113O11P. The van der Waals surface area contributed by atoms with E-state index in [0.29, 0.717) is 19.3 Å². The Morgan fingerprint density at radius 3 is 1.16 bits per heavy atom. The molecule has 0 aliphatic carbocycles. The number of carbonyl (C=O) groups is 3. The molecule has 0 aliphatic rings. The van der Waals surface area contributed by atoms with Crippen LogP contribution in [0.2, 0.25) is 0 Å². The molecule has 0 bridgehead atoms. The van der Waals surface area contributed by atoms with Crippen molar-refractivity contribution in [1.29, 1.82) is 0 Å². The monoisotopic (exact) mass is 1090 g/mol. The average Bonchev–Trinajstić information content (AvgIpc) is 3.41. The van der Waals surface area contributed by atoms with Crippen molar-refractivity contribution in [3.63, 3.8) is 0 Å². The lowest BCUT2D eigenvalue weighted by atomic mass is 10.0. The second-order valence-corrected chi connectivity index (χ2v) is 21.9. The zero-order valence-corrected chi connectivity index (χ0v) is 49.6. The van der Waals surface area contributed by atoms with Crippen molar-refractivity contribution < 1.29 is 52.2 Å². The van der Waals surface area contributed by atoms with Gasteiger partial charge in [0.05, 0.1) is 19.8 Å². The van der Waals surface area contributed by atoms with Gasteiger partial charge in [-0.2, -0.15) is 0 Å². The Bertz CT molecular complexity index is 1550. The number of aliphatic hydroxyl groups is 1. The van der Waals surface area contributed by atoms with E-state index in [-0.39, 0.29) is 25.9 Å². The predicted molar refractivity (Wildman–Crippen MR) is 316 cm³/mol. The number of aliphatic hydroxyl groups excluding tert-OH is 1. The molecule has 0 heterocycles. The van der Waals surface area contributed by atoms with Crippen molar-refractivity contribution in [3.05, 3.63) is 72.9 Å². The minimum absolute atomic E-state index is 0.0548. The van der Waals surface area contributed by atoms with Gasteiger partial charge in [0.25, 0.3) is 0 Å². The second kappa shape index (κ2) is 58.1. The van der Waals surface area contributed by atoms with E-state index in [1.807, 2.05) is 12.2 Å². The molecule has 0 aromatic rings. The minimum atomic E-state index is -4.77. The van der Waals surface area contributed by atoms with Crippen LogP contribution in [-0.4, -0.2) is 66.5 Å². The molecule has 76 heavy (non-hydrogen) atoms. The summed E-state index contributed by atoms with van der Waals surface area (Å²) in [5.74, 6) is -1.55. The highest BCUT2D eigenvalue weighted by Gasteiger charge is 2.28. The van der Waals surface area contributed by atoms with Gasteiger partial charge >= 0.3 is 25.7 Å². The maximum Gasteiger partial charge on any atom is 0.472 e. The van der Waals surface area contributed by atoms with Crippen LogP contribution in [0.3, 0.4) is 0 Å². The summed E-state index contributed by atoms with van der Waals surface area (Å²) >= 11 is 0. The molecule has 0 aromatic heterocycles. The SMILES string of the molecule is CC/C=C\C/C=C\C/C=C\C/C=C\CCC(=O)OC(CO)COP(=O)(O)OCC(COC(=O)CCCCCCCCCCCCCCCCCCCCC)OC(=O)CCCCCCCCC/C=C\C/C=C\CCCCC. The fraction of sp³-hybridized carbons (Fsp3) is 0.766. The van der Waals surface area contributed by atoms with Gasteiger partial charge in [-0.15, -0.1) is 0 Å². The van der Waals surface area contributed by atoms with Crippen LogP contribution in [0.4, 0.5) is 0 Å². The number of esters is 3. The number of hydrogen-bond acceptors (Lipinski definition) is 10. The number of phosphoric ester groups is 1. The second-order valence-electron chi connectivity index (χ2n) is 20.5. The van der Waals surface area contributed by atoms with Crippen LogP contribution in [0.15, 0.2) is 72.9 Å². The lowest BCUT2D eigenvalue weighted by Gasteiger charge is -2.21. The Morgan fingerprint density at radius 2 is 0.711 bits per heavy atom. The Morgan fingerprint density at radius 1 is 0.382 bits per heavy atom.